The molecule has 2 rings (SSSR count). The summed E-state index contributed by atoms with van der Waals surface area (Å²) in [5, 5.41) is 3.64. The van der Waals surface area contributed by atoms with Crippen LogP contribution in [0.15, 0.2) is 30.3 Å². The van der Waals surface area contributed by atoms with Gasteiger partial charge in [0, 0.05) is 0 Å². The lowest BCUT2D eigenvalue weighted by Gasteiger charge is -2.03. The van der Waals surface area contributed by atoms with Gasteiger partial charge in [0.25, 0.3) is 12.3 Å². The normalized spacial score (nSPS) is 10.8. The predicted molar refractivity (Wildman–Crippen MR) is 61.5 cm³/mol. The first kappa shape index (κ1) is 12.0. The number of halogens is 2. The summed E-state index contributed by atoms with van der Waals surface area (Å²) in [5.74, 6) is -1.21. The summed E-state index contributed by atoms with van der Waals surface area (Å²) in [6.07, 6.45) is -2.92. The maximum absolute atomic E-state index is 12.8. The molecule has 18 heavy (non-hydrogen) atoms. The Morgan fingerprint density at radius 3 is 2.33 bits per heavy atom. The van der Waals surface area contributed by atoms with Crippen LogP contribution >= 0.6 is 0 Å². The number of hydrogen-bond acceptors (Lipinski definition) is 3. The van der Waals surface area contributed by atoms with E-state index in [4.69, 9.17) is 11.5 Å². The number of carbonyl (C=O) groups is 1. The number of para-hydroxylation sites is 1. The second kappa shape index (κ2) is 4.44. The molecule has 5 nitrogen and oxygen atoms in total. The number of nitrogen functional groups attached to an aromatic ring is 1. The molecule has 4 N–H and O–H groups in total. The summed E-state index contributed by atoms with van der Waals surface area (Å²) in [6, 6.07) is 8.41. The Morgan fingerprint density at radius 1 is 1.28 bits per heavy atom. The van der Waals surface area contributed by atoms with Crippen LogP contribution < -0.4 is 11.5 Å². The van der Waals surface area contributed by atoms with Crippen molar-refractivity contribution in [1.29, 1.82) is 0 Å². The highest BCUT2D eigenvalue weighted by molar-refractivity contribution is 5.98. The molecule has 1 amide bonds. The number of primary amides is 1. The number of anilines is 1. The quantitative estimate of drug-likeness (QED) is 0.867. The molecule has 0 aliphatic carbocycles. The second-order valence-electron chi connectivity index (χ2n) is 3.56. The van der Waals surface area contributed by atoms with E-state index < -0.39 is 23.6 Å². The largest absolute Gasteiger partial charge is 0.383 e. The molecule has 1 aromatic carbocycles. The topological polar surface area (TPSA) is 86.9 Å². The van der Waals surface area contributed by atoms with E-state index in [1.807, 2.05) is 0 Å². The van der Waals surface area contributed by atoms with Gasteiger partial charge in [-0.05, 0) is 12.1 Å². The fraction of sp³-hybridized carbons (Fsp3) is 0.0909. The summed E-state index contributed by atoms with van der Waals surface area (Å²) in [6.45, 7) is 0. The average molecular weight is 252 g/mol. The van der Waals surface area contributed by atoms with Gasteiger partial charge in [-0.15, -0.1) is 0 Å². The molecule has 7 heteroatoms. The number of aromatic nitrogens is 2. The van der Waals surface area contributed by atoms with Crippen molar-refractivity contribution in [3.8, 4) is 5.69 Å². The lowest BCUT2D eigenvalue weighted by atomic mass is 10.2. The van der Waals surface area contributed by atoms with Crippen LogP contribution in [0.25, 0.3) is 5.69 Å². The van der Waals surface area contributed by atoms with Crippen molar-refractivity contribution >= 4 is 11.7 Å². The van der Waals surface area contributed by atoms with Gasteiger partial charge in [-0.25, -0.2) is 13.5 Å². The molecule has 0 atom stereocenters. The van der Waals surface area contributed by atoms with Crippen LogP contribution in [0.2, 0.25) is 0 Å². The first-order chi connectivity index (χ1) is 8.52. The van der Waals surface area contributed by atoms with Crippen LogP contribution in [-0.4, -0.2) is 15.7 Å². The fourth-order valence-corrected chi connectivity index (χ4v) is 1.62. The lowest BCUT2D eigenvalue weighted by molar-refractivity contribution is 0.0986. The monoisotopic (exact) mass is 252 g/mol. The molecule has 0 bridgehead atoms. The minimum atomic E-state index is -2.92. The average Bonchev–Trinajstić information content (AvgIpc) is 2.68. The van der Waals surface area contributed by atoms with Crippen molar-refractivity contribution in [3.05, 3.63) is 41.6 Å². The Balaban J connectivity index is 2.64. The number of nitrogens with zero attached hydrogens (tertiary/aromatic N) is 2. The number of alkyl halides is 2. The van der Waals surface area contributed by atoms with Gasteiger partial charge in [-0.1, -0.05) is 18.2 Å². The molecule has 1 heterocycles. The number of benzene rings is 1. The zero-order chi connectivity index (χ0) is 13.3. The van der Waals surface area contributed by atoms with E-state index in [1.54, 1.807) is 30.3 Å². The molecule has 0 radical (unpaired) electrons. The third-order valence-electron chi connectivity index (χ3n) is 2.40. The van der Waals surface area contributed by atoms with Gasteiger partial charge in [-0.2, -0.15) is 5.10 Å². The van der Waals surface area contributed by atoms with E-state index in [0.717, 1.165) is 4.68 Å². The van der Waals surface area contributed by atoms with Crippen molar-refractivity contribution in [2.45, 2.75) is 6.43 Å². The molecule has 0 aliphatic heterocycles. The fourth-order valence-electron chi connectivity index (χ4n) is 1.62. The number of hydrogen-bond donors (Lipinski definition) is 2. The smallest absolute Gasteiger partial charge is 0.283 e. The first-order valence-corrected chi connectivity index (χ1v) is 5.04. The van der Waals surface area contributed by atoms with Crippen LogP contribution in [0.1, 0.15) is 22.5 Å². The molecule has 1 aromatic heterocycles. The third-order valence-corrected chi connectivity index (χ3v) is 2.40. The van der Waals surface area contributed by atoms with Crippen LogP contribution in [-0.2, 0) is 0 Å². The Labute approximate surface area is 101 Å². The van der Waals surface area contributed by atoms with E-state index in [1.165, 1.54) is 0 Å². The zero-order valence-electron chi connectivity index (χ0n) is 9.18. The predicted octanol–water partition coefficient (Wildman–Crippen LogP) is 1.49. The summed E-state index contributed by atoms with van der Waals surface area (Å²) < 4.78 is 26.6. The number of nitrogens with two attached hydrogens (primary N) is 2. The lowest BCUT2D eigenvalue weighted by Crippen LogP contribution is -2.15. The van der Waals surface area contributed by atoms with Crippen LogP contribution in [0, 0.1) is 0 Å². The molecule has 0 aliphatic rings. The summed E-state index contributed by atoms with van der Waals surface area (Å²) >= 11 is 0. The Kier molecular flexibility index (Phi) is 2.97. The molecule has 0 saturated carbocycles. The van der Waals surface area contributed by atoms with Gasteiger partial charge in [0.1, 0.15) is 17.1 Å². The van der Waals surface area contributed by atoms with Gasteiger partial charge < -0.3 is 11.5 Å². The maximum atomic E-state index is 12.8. The minimum Gasteiger partial charge on any atom is -0.383 e. The van der Waals surface area contributed by atoms with Crippen molar-refractivity contribution in [1.82, 2.24) is 9.78 Å². The van der Waals surface area contributed by atoms with Crippen molar-refractivity contribution < 1.29 is 13.6 Å². The zero-order valence-corrected chi connectivity index (χ0v) is 9.18. The van der Waals surface area contributed by atoms with Crippen LogP contribution in [0.3, 0.4) is 0 Å². The summed E-state index contributed by atoms with van der Waals surface area (Å²) in [4.78, 5) is 11.1. The minimum absolute atomic E-state index is 0.191. The van der Waals surface area contributed by atoms with Crippen molar-refractivity contribution in [2.75, 3.05) is 5.73 Å². The van der Waals surface area contributed by atoms with Crippen LogP contribution in [0.5, 0.6) is 0 Å². The SMILES string of the molecule is NC(=O)c1c(C(F)F)nn(-c2ccccc2)c1N. The molecule has 0 unspecified atom stereocenters. The molecule has 2 aromatic rings. The van der Waals surface area contributed by atoms with E-state index in [2.05, 4.69) is 5.10 Å². The highest BCUT2D eigenvalue weighted by atomic mass is 19.3. The standard InChI is InChI=1S/C11H10F2N4O/c12-9(13)8-7(11(15)18)10(14)17(16-8)6-4-2-1-3-5-6/h1-5,9H,14H2,(H2,15,18). The summed E-state index contributed by atoms with van der Waals surface area (Å²) in [7, 11) is 0. The highest BCUT2D eigenvalue weighted by Crippen LogP contribution is 2.27. The Morgan fingerprint density at radius 2 is 1.89 bits per heavy atom. The van der Waals surface area contributed by atoms with Crippen molar-refractivity contribution in [3.63, 3.8) is 0 Å². The molecular weight excluding hydrogens is 242 g/mol. The van der Waals surface area contributed by atoms with Gasteiger partial charge in [0.15, 0.2) is 0 Å². The molecule has 94 valence electrons. The number of amides is 1. The first-order valence-electron chi connectivity index (χ1n) is 5.04. The van der Waals surface area contributed by atoms with E-state index in [-0.39, 0.29) is 5.82 Å². The third kappa shape index (κ3) is 1.90. The van der Waals surface area contributed by atoms with E-state index in [9.17, 15) is 13.6 Å². The number of carbonyl (C=O) groups excluding carboxylic acids is 1. The molecule has 0 saturated heterocycles. The van der Waals surface area contributed by atoms with Gasteiger partial charge in [0.2, 0.25) is 0 Å². The van der Waals surface area contributed by atoms with Crippen molar-refractivity contribution in [2.24, 2.45) is 5.73 Å². The highest BCUT2D eigenvalue weighted by Gasteiger charge is 2.26. The Bertz CT molecular complexity index is 580. The Hall–Kier alpha value is -2.44. The molecule has 0 spiro atoms. The molecule has 0 fully saturated rings. The van der Waals surface area contributed by atoms with E-state index >= 15 is 0 Å². The summed E-state index contributed by atoms with van der Waals surface area (Å²) in [5.41, 5.74) is 10.0. The van der Waals surface area contributed by atoms with E-state index in [0.29, 0.717) is 5.69 Å². The van der Waals surface area contributed by atoms with Gasteiger partial charge in [-0.3, -0.25) is 4.79 Å². The number of rotatable bonds is 3. The van der Waals surface area contributed by atoms with Gasteiger partial charge >= 0.3 is 0 Å². The molecular formula is C11H10F2N4O. The second-order valence-corrected chi connectivity index (χ2v) is 3.56. The van der Waals surface area contributed by atoms with Crippen LogP contribution in [0.4, 0.5) is 14.6 Å². The maximum Gasteiger partial charge on any atom is 0.283 e. The van der Waals surface area contributed by atoms with Gasteiger partial charge in [0.05, 0.1) is 5.69 Å².